The molecule has 1 aromatic rings. The van der Waals surface area contributed by atoms with Gasteiger partial charge in [-0.1, -0.05) is 24.6 Å². The molecule has 0 aliphatic rings. The van der Waals surface area contributed by atoms with Crippen LogP contribution in [-0.2, 0) is 6.54 Å². The normalized spacial score (nSPS) is 11.7. The van der Waals surface area contributed by atoms with E-state index in [1.807, 2.05) is 6.92 Å². The lowest BCUT2D eigenvalue weighted by Crippen LogP contribution is -2.30. The van der Waals surface area contributed by atoms with Gasteiger partial charge in [-0.05, 0) is 24.2 Å². The molecule has 18 heavy (non-hydrogen) atoms. The van der Waals surface area contributed by atoms with E-state index in [-0.39, 0.29) is 0 Å². The van der Waals surface area contributed by atoms with Crippen LogP contribution >= 0.6 is 11.6 Å². The minimum atomic E-state index is -4.22. The molecule has 0 aliphatic carbocycles. The molecule has 2 nitrogen and oxygen atoms in total. The molecule has 102 valence electrons. The average molecular weight is 281 g/mol. The number of halogens is 4. The third-order valence-electron chi connectivity index (χ3n) is 2.46. The maximum Gasteiger partial charge on any atom is 0.405 e. The fourth-order valence-electron chi connectivity index (χ4n) is 1.54. The fourth-order valence-corrected chi connectivity index (χ4v) is 1.78. The van der Waals surface area contributed by atoms with Gasteiger partial charge in [-0.2, -0.15) is 13.2 Å². The Labute approximate surface area is 110 Å². The summed E-state index contributed by atoms with van der Waals surface area (Å²) in [4.78, 5) is 1.13. The standard InChI is InChI=1S/C12H16ClF3N2/c1-3-17-7-9-4-5-10(6-11(9)13)18(2)8-12(14,15)16/h4-6,17H,3,7-8H2,1-2H3. The lowest BCUT2D eigenvalue weighted by Gasteiger charge is -2.21. The van der Waals surface area contributed by atoms with Crippen molar-refractivity contribution in [1.82, 2.24) is 5.32 Å². The van der Waals surface area contributed by atoms with Gasteiger partial charge in [-0.25, -0.2) is 0 Å². The summed E-state index contributed by atoms with van der Waals surface area (Å²) in [6.45, 7) is 2.40. The van der Waals surface area contributed by atoms with Crippen LogP contribution < -0.4 is 10.2 Å². The van der Waals surface area contributed by atoms with Gasteiger partial charge in [0.05, 0.1) is 0 Å². The number of nitrogens with zero attached hydrogens (tertiary/aromatic N) is 1. The lowest BCUT2D eigenvalue weighted by atomic mass is 10.2. The molecule has 0 atom stereocenters. The minimum Gasteiger partial charge on any atom is -0.366 e. The predicted molar refractivity (Wildman–Crippen MR) is 68.2 cm³/mol. The van der Waals surface area contributed by atoms with Gasteiger partial charge in [-0.15, -0.1) is 0 Å². The molecule has 0 aromatic heterocycles. The summed E-state index contributed by atoms with van der Waals surface area (Å²) in [6, 6.07) is 4.94. The molecule has 0 heterocycles. The Morgan fingerprint density at radius 3 is 2.50 bits per heavy atom. The van der Waals surface area contributed by atoms with Crippen molar-refractivity contribution in [3.63, 3.8) is 0 Å². The van der Waals surface area contributed by atoms with E-state index >= 15 is 0 Å². The monoisotopic (exact) mass is 280 g/mol. The van der Waals surface area contributed by atoms with Crippen LogP contribution in [0.5, 0.6) is 0 Å². The molecule has 1 N–H and O–H groups in total. The van der Waals surface area contributed by atoms with Crippen LogP contribution in [0.2, 0.25) is 5.02 Å². The van der Waals surface area contributed by atoms with Gasteiger partial charge in [0.25, 0.3) is 0 Å². The number of benzene rings is 1. The number of hydrogen-bond acceptors (Lipinski definition) is 2. The molecular formula is C12H16ClF3N2. The summed E-state index contributed by atoms with van der Waals surface area (Å²) < 4.78 is 36.8. The molecule has 0 bridgehead atoms. The quantitative estimate of drug-likeness (QED) is 0.889. The van der Waals surface area contributed by atoms with E-state index < -0.39 is 12.7 Å². The lowest BCUT2D eigenvalue weighted by molar-refractivity contribution is -0.119. The van der Waals surface area contributed by atoms with Crippen LogP contribution in [0.4, 0.5) is 18.9 Å². The second-order valence-corrected chi connectivity index (χ2v) is 4.43. The number of nitrogens with one attached hydrogen (secondary N) is 1. The average Bonchev–Trinajstić information content (AvgIpc) is 2.25. The largest absolute Gasteiger partial charge is 0.405 e. The summed E-state index contributed by atoms with van der Waals surface area (Å²) in [5.74, 6) is 0. The molecule has 1 aromatic carbocycles. The SMILES string of the molecule is CCNCc1ccc(N(C)CC(F)(F)F)cc1Cl. The molecule has 0 spiro atoms. The molecule has 0 amide bonds. The van der Waals surface area contributed by atoms with Crippen molar-refractivity contribution in [1.29, 1.82) is 0 Å². The van der Waals surface area contributed by atoms with Crippen molar-refractivity contribution in [3.05, 3.63) is 28.8 Å². The van der Waals surface area contributed by atoms with E-state index in [9.17, 15) is 13.2 Å². The maximum absolute atomic E-state index is 12.3. The highest BCUT2D eigenvalue weighted by molar-refractivity contribution is 6.31. The highest BCUT2D eigenvalue weighted by Crippen LogP contribution is 2.25. The topological polar surface area (TPSA) is 15.3 Å². The Hall–Kier alpha value is -0.940. The molecule has 0 unspecified atom stereocenters. The summed E-state index contributed by atoms with van der Waals surface area (Å²) in [7, 11) is 1.39. The Balaban J connectivity index is 2.77. The van der Waals surface area contributed by atoms with Gasteiger partial charge in [0.2, 0.25) is 0 Å². The van der Waals surface area contributed by atoms with Crippen molar-refractivity contribution in [2.24, 2.45) is 0 Å². The maximum atomic E-state index is 12.3. The first-order valence-electron chi connectivity index (χ1n) is 5.60. The Kier molecular flexibility index (Phi) is 5.28. The summed E-state index contributed by atoms with van der Waals surface area (Å²) >= 11 is 6.03. The smallest absolute Gasteiger partial charge is 0.366 e. The summed E-state index contributed by atoms with van der Waals surface area (Å²) in [5, 5.41) is 3.59. The molecule has 0 aliphatic heterocycles. The first kappa shape index (κ1) is 15.1. The van der Waals surface area contributed by atoms with Crippen molar-refractivity contribution in [2.75, 3.05) is 25.0 Å². The Morgan fingerprint density at radius 1 is 1.33 bits per heavy atom. The summed E-state index contributed by atoms with van der Waals surface area (Å²) in [5.41, 5.74) is 1.33. The molecule has 0 saturated carbocycles. The zero-order chi connectivity index (χ0) is 13.8. The van der Waals surface area contributed by atoms with E-state index in [4.69, 9.17) is 11.6 Å². The van der Waals surface area contributed by atoms with E-state index in [1.165, 1.54) is 7.05 Å². The van der Waals surface area contributed by atoms with E-state index in [0.29, 0.717) is 17.3 Å². The molecule has 6 heteroatoms. The first-order valence-corrected chi connectivity index (χ1v) is 5.98. The van der Waals surface area contributed by atoms with E-state index in [0.717, 1.165) is 17.0 Å². The van der Waals surface area contributed by atoms with Crippen molar-refractivity contribution < 1.29 is 13.2 Å². The fraction of sp³-hybridized carbons (Fsp3) is 0.500. The highest BCUT2D eigenvalue weighted by atomic mass is 35.5. The molecular weight excluding hydrogens is 265 g/mol. The van der Waals surface area contributed by atoms with Gasteiger partial charge >= 0.3 is 6.18 Å². The molecule has 1 rings (SSSR count). The van der Waals surface area contributed by atoms with Crippen LogP contribution in [0.3, 0.4) is 0 Å². The number of anilines is 1. The van der Waals surface area contributed by atoms with Crippen LogP contribution in [0.15, 0.2) is 18.2 Å². The number of hydrogen-bond donors (Lipinski definition) is 1. The van der Waals surface area contributed by atoms with Crippen molar-refractivity contribution in [3.8, 4) is 0 Å². The van der Waals surface area contributed by atoms with Crippen LogP contribution in [-0.4, -0.2) is 26.3 Å². The van der Waals surface area contributed by atoms with Crippen LogP contribution in [0.25, 0.3) is 0 Å². The van der Waals surface area contributed by atoms with Crippen LogP contribution in [0.1, 0.15) is 12.5 Å². The van der Waals surface area contributed by atoms with Crippen LogP contribution in [0, 0.1) is 0 Å². The van der Waals surface area contributed by atoms with E-state index in [1.54, 1.807) is 18.2 Å². The van der Waals surface area contributed by atoms with Gasteiger partial charge < -0.3 is 10.2 Å². The second-order valence-electron chi connectivity index (χ2n) is 4.03. The first-order chi connectivity index (χ1) is 8.33. The molecule has 0 radical (unpaired) electrons. The summed E-state index contributed by atoms with van der Waals surface area (Å²) in [6.07, 6.45) is -4.22. The Bertz CT molecular complexity index is 393. The zero-order valence-corrected chi connectivity index (χ0v) is 11.1. The Morgan fingerprint density at radius 2 is 2.00 bits per heavy atom. The third kappa shape index (κ3) is 4.74. The number of rotatable bonds is 5. The second kappa shape index (κ2) is 6.29. The van der Waals surface area contributed by atoms with Gasteiger partial charge in [-0.3, -0.25) is 0 Å². The molecule has 0 saturated heterocycles. The van der Waals surface area contributed by atoms with Crippen molar-refractivity contribution in [2.45, 2.75) is 19.6 Å². The van der Waals surface area contributed by atoms with Gasteiger partial charge in [0.15, 0.2) is 0 Å². The minimum absolute atomic E-state index is 0.456. The van der Waals surface area contributed by atoms with Gasteiger partial charge in [0.1, 0.15) is 6.54 Å². The third-order valence-corrected chi connectivity index (χ3v) is 2.81. The molecule has 0 fully saturated rings. The predicted octanol–water partition coefficient (Wildman–Crippen LogP) is 3.45. The number of alkyl halides is 3. The highest BCUT2D eigenvalue weighted by Gasteiger charge is 2.29. The van der Waals surface area contributed by atoms with Crippen molar-refractivity contribution >= 4 is 17.3 Å². The van der Waals surface area contributed by atoms with E-state index in [2.05, 4.69) is 5.32 Å². The van der Waals surface area contributed by atoms with Gasteiger partial charge in [0, 0.05) is 24.3 Å². The zero-order valence-electron chi connectivity index (χ0n) is 10.3.